The summed E-state index contributed by atoms with van der Waals surface area (Å²) in [4.78, 5) is 14.7. The molecule has 39 heavy (non-hydrogen) atoms. The smallest absolute Gasteiger partial charge is 0.422 e. The number of esters is 1. The molecule has 1 aliphatic rings. The van der Waals surface area contributed by atoms with Gasteiger partial charge in [0.25, 0.3) is 0 Å². The molecule has 0 aliphatic heterocycles. The van der Waals surface area contributed by atoms with Gasteiger partial charge in [0.1, 0.15) is 23.8 Å². The Bertz CT molecular complexity index is 1080. The first-order valence-corrected chi connectivity index (χ1v) is 12.9. The fourth-order valence-electron chi connectivity index (χ4n) is 5.48. The standard InChI is InChI=1S/C29H37F4NO4.ClH/c1-20(2)27-24-10-9-23(30)17-22(24)11-13-28(27,38-26(35)18-36-4)14-16-34(3)15-12-21-7-5-6-8-25(21)37-19-29(31,32)33;/h5-10,17,20,27H,11-16,18-19H2,1-4H3;1H/t27-,28-;/m1./s1. The summed E-state index contributed by atoms with van der Waals surface area (Å²) in [6.45, 7) is 3.81. The van der Waals surface area contributed by atoms with Crippen LogP contribution in [0.3, 0.4) is 0 Å². The summed E-state index contributed by atoms with van der Waals surface area (Å²) in [7, 11) is 3.37. The molecule has 3 rings (SSSR count). The highest BCUT2D eigenvalue weighted by Crippen LogP contribution is 2.48. The second-order valence-electron chi connectivity index (χ2n) is 10.4. The van der Waals surface area contributed by atoms with Crippen molar-refractivity contribution in [2.24, 2.45) is 5.92 Å². The fraction of sp³-hybridized carbons (Fsp3) is 0.552. The van der Waals surface area contributed by atoms with Gasteiger partial charge in [-0.2, -0.15) is 13.2 Å². The van der Waals surface area contributed by atoms with Gasteiger partial charge in [-0.05, 0) is 67.1 Å². The van der Waals surface area contributed by atoms with E-state index in [1.165, 1.54) is 13.2 Å². The lowest BCUT2D eigenvalue weighted by molar-refractivity contribution is -0.172. The lowest BCUT2D eigenvalue weighted by Gasteiger charge is -2.47. The van der Waals surface area contributed by atoms with Crippen LogP contribution in [0, 0.1) is 11.7 Å². The van der Waals surface area contributed by atoms with Crippen LogP contribution >= 0.6 is 12.4 Å². The van der Waals surface area contributed by atoms with E-state index < -0.39 is 24.4 Å². The normalized spacial score (nSPS) is 19.0. The Balaban J connectivity index is 0.00000533. The van der Waals surface area contributed by atoms with Gasteiger partial charge in [0.05, 0.1) is 0 Å². The van der Waals surface area contributed by atoms with Gasteiger partial charge in [-0.3, -0.25) is 0 Å². The van der Waals surface area contributed by atoms with Crippen molar-refractivity contribution in [3.8, 4) is 5.75 Å². The first-order valence-electron chi connectivity index (χ1n) is 12.9. The molecule has 0 N–H and O–H groups in total. The highest BCUT2D eigenvalue weighted by atomic mass is 35.5. The minimum Gasteiger partial charge on any atom is -0.484 e. The first-order chi connectivity index (χ1) is 17.9. The fourth-order valence-corrected chi connectivity index (χ4v) is 5.48. The third kappa shape index (κ3) is 9.08. The number of para-hydroxylation sites is 1. The molecule has 0 heterocycles. The average Bonchev–Trinajstić information content (AvgIpc) is 2.85. The van der Waals surface area contributed by atoms with Crippen molar-refractivity contribution in [2.45, 2.75) is 57.2 Å². The number of carbonyl (C=O) groups is 1. The maximum absolute atomic E-state index is 14.0. The number of nitrogens with zero attached hydrogens (tertiary/aromatic N) is 1. The summed E-state index contributed by atoms with van der Waals surface area (Å²) < 4.78 is 68.1. The zero-order chi connectivity index (χ0) is 27.9. The Morgan fingerprint density at radius 3 is 2.54 bits per heavy atom. The molecule has 0 spiro atoms. The predicted molar refractivity (Wildman–Crippen MR) is 144 cm³/mol. The number of hydrogen-bond acceptors (Lipinski definition) is 5. The number of halogens is 5. The number of rotatable bonds is 12. The van der Waals surface area contributed by atoms with Crippen LogP contribution in [-0.4, -0.2) is 63.1 Å². The molecule has 2 atom stereocenters. The summed E-state index contributed by atoms with van der Waals surface area (Å²) >= 11 is 0. The molecule has 5 nitrogen and oxygen atoms in total. The molecule has 0 radical (unpaired) electrons. The van der Waals surface area contributed by atoms with Crippen LogP contribution in [0.4, 0.5) is 17.6 Å². The van der Waals surface area contributed by atoms with Crippen molar-refractivity contribution in [2.75, 3.05) is 40.5 Å². The quantitative estimate of drug-likeness (QED) is 0.217. The lowest BCUT2D eigenvalue weighted by atomic mass is 9.65. The van der Waals surface area contributed by atoms with Crippen LogP contribution < -0.4 is 4.74 Å². The molecule has 0 amide bonds. The second-order valence-corrected chi connectivity index (χ2v) is 10.4. The van der Waals surface area contributed by atoms with E-state index in [4.69, 9.17) is 14.2 Å². The van der Waals surface area contributed by atoms with Crippen molar-refractivity contribution in [3.63, 3.8) is 0 Å². The second kappa shape index (κ2) is 14.3. The number of benzene rings is 2. The van der Waals surface area contributed by atoms with Crippen molar-refractivity contribution in [1.29, 1.82) is 0 Å². The van der Waals surface area contributed by atoms with Gasteiger partial charge in [-0.15, -0.1) is 12.4 Å². The van der Waals surface area contributed by atoms with Gasteiger partial charge in [-0.25, -0.2) is 9.18 Å². The zero-order valence-corrected chi connectivity index (χ0v) is 23.7. The van der Waals surface area contributed by atoms with E-state index in [0.29, 0.717) is 44.3 Å². The summed E-state index contributed by atoms with van der Waals surface area (Å²) in [5.74, 6) is -0.508. The number of carbonyl (C=O) groups excluding carboxylic acids is 1. The molecule has 0 bridgehead atoms. The number of alkyl halides is 3. The number of methoxy groups -OCH3 is 1. The minimum atomic E-state index is -4.41. The maximum atomic E-state index is 14.0. The van der Waals surface area contributed by atoms with E-state index >= 15 is 0 Å². The van der Waals surface area contributed by atoms with Crippen LogP contribution in [0.2, 0.25) is 0 Å². The topological polar surface area (TPSA) is 48.0 Å². The molecular weight excluding hydrogens is 538 g/mol. The third-order valence-electron chi connectivity index (χ3n) is 7.11. The van der Waals surface area contributed by atoms with E-state index in [1.54, 1.807) is 36.4 Å². The SMILES string of the molecule is COCC(=O)O[C@@]1(CCN(C)CCc2ccccc2OCC(F)(F)F)CCc2cc(F)ccc2[C@H]1C(C)C.Cl. The van der Waals surface area contributed by atoms with E-state index in [1.807, 2.05) is 7.05 Å². The number of fused-ring (bicyclic) bond motifs is 1. The molecule has 0 saturated carbocycles. The van der Waals surface area contributed by atoms with E-state index in [2.05, 4.69) is 18.7 Å². The van der Waals surface area contributed by atoms with Crippen molar-refractivity contribution in [3.05, 3.63) is 65.0 Å². The highest BCUT2D eigenvalue weighted by molar-refractivity contribution is 5.85. The molecule has 218 valence electrons. The van der Waals surface area contributed by atoms with E-state index in [9.17, 15) is 22.4 Å². The van der Waals surface area contributed by atoms with Crippen LogP contribution in [0.25, 0.3) is 0 Å². The van der Waals surface area contributed by atoms with Crippen LogP contribution in [0.15, 0.2) is 42.5 Å². The highest BCUT2D eigenvalue weighted by Gasteiger charge is 2.47. The molecular formula is C29H38ClF4NO4. The van der Waals surface area contributed by atoms with Crippen molar-refractivity contribution < 1.29 is 36.6 Å². The summed E-state index contributed by atoms with van der Waals surface area (Å²) in [6.07, 6.45) is -2.22. The first kappa shape index (κ1) is 32.8. The Hall–Kier alpha value is -2.36. The zero-order valence-electron chi connectivity index (χ0n) is 22.9. The molecule has 2 aromatic rings. The number of likely N-dealkylation sites (N-methyl/N-ethyl adjacent to an activating group) is 1. The van der Waals surface area contributed by atoms with Crippen LogP contribution in [0.1, 0.15) is 49.3 Å². The Morgan fingerprint density at radius 1 is 1.15 bits per heavy atom. The Kier molecular flexibility index (Phi) is 12.1. The number of ether oxygens (including phenoxy) is 3. The van der Waals surface area contributed by atoms with Crippen LogP contribution in [-0.2, 0) is 27.1 Å². The molecule has 0 fully saturated rings. The summed E-state index contributed by atoms with van der Waals surface area (Å²) in [5.41, 5.74) is 1.83. The molecule has 0 unspecified atom stereocenters. The monoisotopic (exact) mass is 575 g/mol. The number of hydrogen-bond donors (Lipinski definition) is 0. The summed E-state index contributed by atoms with van der Waals surface area (Å²) in [6, 6.07) is 11.5. The van der Waals surface area contributed by atoms with Crippen molar-refractivity contribution >= 4 is 18.4 Å². The molecule has 1 aliphatic carbocycles. The average molecular weight is 576 g/mol. The van der Waals surface area contributed by atoms with E-state index in [0.717, 1.165) is 11.1 Å². The van der Waals surface area contributed by atoms with Gasteiger partial charge in [-0.1, -0.05) is 38.1 Å². The van der Waals surface area contributed by atoms with Gasteiger partial charge in [0.2, 0.25) is 0 Å². The molecule has 0 aromatic heterocycles. The van der Waals surface area contributed by atoms with Gasteiger partial charge in [0, 0.05) is 32.5 Å². The molecule has 2 aromatic carbocycles. The van der Waals surface area contributed by atoms with Gasteiger partial charge < -0.3 is 19.1 Å². The van der Waals surface area contributed by atoms with Gasteiger partial charge in [0.15, 0.2) is 6.61 Å². The largest absolute Gasteiger partial charge is 0.484 e. The Morgan fingerprint density at radius 2 is 1.87 bits per heavy atom. The van der Waals surface area contributed by atoms with Crippen molar-refractivity contribution in [1.82, 2.24) is 4.90 Å². The van der Waals surface area contributed by atoms with Gasteiger partial charge >= 0.3 is 12.1 Å². The molecule has 10 heteroatoms. The maximum Gasteiger partial charge on any atom is 0.422 e. The van der Waals surface area contributed by atoms with E-state index in [-0.39, 0.29) is 42.4 Å². The molecule has 0 saturated heterocycles. The summed E-state index contributed by atoms with van der Waals surface area (Å²) in [5, 5.41) is 0. The Labute approximate surface area is 234 Å². The third-order valence-corrected chi connectivity index (χ3v) is 7.11. The lowest BCUT2D eigenvalue weighted by Crippen LogP contribution is -2.49. The predicted octanol–water partition coefficient (Wildman–Crippen LogP) is 6.37. The van der Waals surface area contributed by atoms with Crippen LogP contribution in [0.5, 0.6) is 5.75 Å². The minimum absolute atomic E-state index is 0. The number of aryl methyl sites for hydroxylation is 1.